The molecule has 0 amide bonds. The first-order chi connectivity index (χ1) is 21.9. The number of benzene rings is 2. The van der Waals surface area contributed by atoms with E-state index in [1.54, 1.807) is 60.8 Å². The molecule has 0 aliphatic carbocycles. The average Bonchev–Trinajstić information content (AvgIpc) is 3.08. The van der Waals surface area contributed by atoms with Crippen LogP contribution in [0.5, 0.6) is 52.8 Å². The molecule has 0 aliphatic heterocycles. The van der Waals surface area contributed by atoms with Crippen LogP contribution in [-0.4, -0.2) is 65.9 Å². The summed E-state index contributed by atoms with van der Waals surface area (Å²) in [6.07, 6.45) is 1.58. The number of nitrogens with zero attached hydrogens (tertiary/aromatic N) is 6. The molecule has 0 saturated heterocycles. The van der Waals surface area contributed by atoms with Gasteiger partial charge in [-0.1, -0.05) is 35.5 Å². The van der Waals surface area contributed by atoms with Gasteiger partial charge in [-0.05, 0) is 12.1 Å². The van der Waals surface area contributed by atoms with E-state index >= 15 is 0 Å². The van der Waals surface area contributed by atoms with E-state index in [1.165, 1.54) is 40.6 Å². The molecule has 14 nitrogen and oxygen atoms in total. The van der Waals surface area contributed by atoms with Crippen molar-refractivity contribution in [3.63, 3.8) is 0 Å². The number of ketones is 1. The number of hydrogen-bond donors (Lipinski definition) is 0. The summed E-state index contributed by atoms with van der Waals surface area (Å²) in [6.45, 7) is 3.33. The lowest BCUT2D eigenvalue weighted by Gasteiger charge is -2.15. The van der Waals surface area contributed by atoms with Gasteiger partial charge in [0.15, 0.2) is 5.75 Å². The van der Waals surface area contributed by atoms with Crippen molar-refractivity contribution in [3.8, 4) is 64.0 Å². The van der Waals surface area contributed by atoms with Crippen molar-refractivity contribution in [1.29, 1.82) is 0 Å². The molecule has 2 aromatic carbocycles. The first kappa shape index (κ1) is 30.2. The van der Waals surface area contributed by atoms with Crippen LogP contribution >= 0.6 is 0 Å². The maximum Gasteiger partial charge on any atom is 0.328 e. The van der Waals surface area contributed by atoms with Gasteiger partial charge in [0.2, 0.25) is 29.3 Å². The summed E-state index contributed by atoms with van der Waals surface area (Å²) in [5.74, 6) is 0.945. The SMILES string of the molecule is C=NOc1ccnc(-c2ccc(C(=O)c3c(Oc4nc(OC)cc(OC)n4)cccc3Oc3nc(OC)cc(OC)n3)cc2)c1. The normalized spacial score (nSPS) is 10.4. The molecule has 0 unspecified atom stereocenters. The van der Waals surface area contributed by atoms with Gasteiger partial charge in [-0.3, -0.25) is 9.78 Å². The second-order valence-electron chi connectivity index (χ2n) is 8.81. The quantitative estimate of drug-likeness (QED) is 0.0977. The minimum absolute atomic E-state index is 0.0339. The number of methoxy groups -OCH3 is 4. The second kappa shape index (κ2) is 13.8. The molecule has 0 aliphatic rings. The predicted molar refractivity (Wildman–Crippen MR) is 160 cm³/mol. The lowest BCUT2D eigenvalue weighted by Crippen LogP contribution is -2.08. The van der Waals surface area contributed by atoms with E-state index in [0.29, 0.717) is 17.0 Å². The molecule has 0 bridgehead atoms. The summed E-state index contributed by atoms with van der Waals surface area (Å²) in [7, 11) is 5.76. The summed E-state index contributed by atoms with van der Waals surface area (Å²) in [4.78, 5) is 40.5. The monoisotopic (exact) mass is 610 g/mol. The van der Waals surface area contributed by atoms with Gasteiger partial charge in [0.25, 0.3) is 0 Å². The molecular formula is C31H26N6O8. The Balaban J connectivity index is 1.57. The topological polar surface area (TPSA) is 158 Å². The third-order valence-corrected chi connectivity index (χ3v) is 6.12. The third kappa shape index (κ3) is 7.02. The number of ether oxygens (including phenoxy) is 6. The Bertz CT molecular complexity index is 1710. The van der Waals surface area contributed by atoms with Crippen LogP contribution in [0.3, 0.4) is 0 Å². The van der Waals surface area contributed by atoms with E-state index in [-0.39, 0.29) is 52.6 Å². The Morgan fingerprint density at radius 3 is 1.67 bits per heavy atom. The highest BCUT2D eigenvalue weighted by molar-refractivity contribution is 6.12. The van der Waals surface area contributed by atoms with Crippen molar-refractivity contribution < 1.29 is 38.1 Å². The number of hydrogen-bond acceptors (Lipinski definition) is 14. The molecule has 0 spiro atoms. The van der Waals surface area contributed by atoms with Gasteiger partial charge < -0.3 is 33.3 Å². The number of pyridine rings is 1. The van der Waals surface area contributed by atoms with Crippen molar-refractivity contribution in [3.05, 3.63) is 84.1 Å². The zero-order chi connectivity index (χ0) is 31.8. The fourth-order valence-electron chi connectivity index (χ4n) is 4.02. The maximum atomic E-state index is 14.2. The van der Waals surface area contributed by atoms with Crippen molar-refractivity contribution in [1.82, 2.24) is 24.9 Å². The molecule has 45 heavy (non-hydrogen) atoms. The smallest absolute Gasteiger partial charge is 0.328 e. The second-order valence-corrected chi connectivity index (χ2v) is 8.81. The first-order valence-corrected chi connectivity index (χ1v) is 13.1. The van der Waals surface area contributed by atoms with Gasteiger partial charge in [-0.25, -0.2) is 0 Å². The first-order valence-electron chi connectivity index (χ1n) is 13.1. The molecule has 0 N–H and O–H groups in total. The van der Waals surface area contributed by atoms with Crippen LogP contribution < -0.4 is 33.3 Å². The number of rotatable bonds is 13. The van der Waals surface area contributed by atoms with Crippen LogP contribution in [-0.2, 0) is 0 Å². The summed E-state index contributed by atoms with van der Waals surface area (Å²) in [5, 5.41) is 3.43. The molecule has 5 aromatic rings. The summed E-state index contributed by atoms with van der Waals surface area (Å²) in [6, 6.07) is 17.6. The van der Waals surface area contributed by atoms with E-state index < -0.39 is 5.78 Å². The van der Waals surface area contributed by atoms with Crippen LogP contribution in [0.2, 0.25) is 0 Å². The molecule has 14 heteroatoms. The Kier molecular flexibility index (Phi) is 9.23. The van der Waals surface area contributed by atoms with E-state index in [0.717, 1.165) is 5.56 Å². The minimum Gasteiger partial charge on any atom is -0.481 e. The average molecular weight is 611 g/mol. The Morgan fingerprint density at radius 2 is 1.20 bits per heavy atom. The fraction of sp³-hybridized carbons (Fsp3) is 0.129. The van der Waals surface area contributed by atoms with Gasteiger partial charge in [0.1, 0.15) is 17.1 Å². The highest BCUT2D eigenvalue weighted by Gasteiger charge is 2.24. The number of aromatic nitrogens is 5. The third-order valence-electron chi connectivity index (χ3n) is 6.12. The predicted octanol–water partition coefficient (Wildman–Crippen LogP) is 5.17. The fourth-order valence-corrected chi connectivity index (χ4v) is 4.02. The van der Waals surface area contributed by atoms with E-state index in [2.05, 4.69) is 36.8 Å². The van der Waals surface area contributed by atoms with Crippen molar-refractivity contribution in [2.75, 3.05) is 28.4 Å². The summed E-state index contributed by atoms with van der Waals surface area (Å²) < 4.78 is 33.0. The molecule has 3 heterocycles. The maximum absolute atomic E-state index is 14.2. The zero-order valence-corrected chi connectivity index (χ0v) is 24.6. The van der Waals surface area contributed by atoms with Crippen LogP contribution in [0.15, 0.2) is 78.1 Å². The largest absolute Gasteiger partial charge is 0.481 e. The van der Waals surface area contributed by atoms with Crippen LogP contribution in [0.1, 0.15) is 15.9 Å². The van der Waals surface area contributed by atoms with E-state index in [9.17, 15) is 4.79 Å². The Morgan fingerprint density at radius 1 is 0.689 bits per heavy atom. The van der Waals surface area contributed by atoms with Gasteiger partial charge in [-0.2, -0.15) is 19.9 Å². The summed E-state index contributed by atoms with van der Waals surface area (Å²) >= 11 is 0. The lowest BCUT2D eigenvalue weighted by atomic mass is 9.99. The number of carbonyl (C=O) groups excluding carboxylic acids is 1. The van der Waals surface area contributed by atoms with E-state index in [4.69, 9.17) is 33.3 Å². The van der Waals surface area contributed by atoms with Crippen LogP contribution in [0, 0.1) is 0 Å². The van der Waals surface area contributed by atoms with E-state index in [1.807, 2.05) is 0 Å². The van der Waals surface area contributed by atoms with Gasteiger partial charge in [0.05, 0.1) is 46.3 Å². The molecule has 5 rings (SSSR count). The molecular weight excluding hydrogens is 584 g/mol. The van der Waals surface area contributed by atoms with Gasteiger partial charge >= 0.3 is 12.0 Å². The highest BCUT2D eigenvalue weighted by atomic mass is 16.6. The van der Waals surface area contributed by atoms with Crippen LogP contribution in [0.25, 0.3) is 11.3 Å². The Hall–Kier alpha value is -6.31. The van der Waals surface area contributed by atoms with Crippen LogP contribution in [0.4, 0.5) is 0 Å². The van der Waals surface area contributed by atoms with Crippen molar-refractivity contribution in [2.24, 2.45) is 5.16 Å². The Labute approximate surface area is 257 Å². The van der Waals surface area contributed by atoms with Crippen molar-refractivity contribution >= 4 is 12.5 Å². The molecule has 0 saturated carbocycles. The minimum atomic E-state index is -0.447. The van der Waals surface area contributed by atoms with Gasteiger partial charge in [-0.15, -0.1) is 0 Å². The molecule has 0 radical (unpaired) electrons. The highest BCUT2D eigenvalue weighted by Crippen LogP contribution is 2.37. The lowest BCUT2D eigenvalue weighted by molar-refractivity contribution is 0.103. The van der Waals surface area contributed by atoms with Crippen molar-refractivity contribution in [2.45, 2.75) is 0 Å². The molecule has 3 aromatic heterocycles. The number of carbonyl (C=O) groups is 1. The summed E-state index contributed by atoms with van der Waals surface area (Å²) in [5.41, 5.74) is 1.69. The number of oxime groups is 1. The molecule has 0 atom stereocenters. The molecule has 228 valence electrons. The molecule has 0 fully saturated rings. The standard InChI is InChI=1S/C31H26N6O8/c1-32-45-20-13-14-33-21(15-20)18-9-11-19(12-10-18)29(38)28-22(43-30-34-24(39-2)16-25(35-30)40-3)7-6-8-23(28)44-31-36-26(41-4)17-27(37-31)42-5/h6-17H,1H2,2-5H3. The zero-order valence-electron chi connectivity index (χ0n) is 24.6. The van der Waals surface area contributed by atoms with Gasteiger partial charge in [0, 0.05) is 36.2 Å².